The van der Waals surface area contributed by atoms with E-state index in [1.54, 1.807) is 0 Å². The minimum Gasteiger partial charge on any atom is -0.367 e. The molecule has 3 rings (SSSR count). The molecule has 0 spiro atoms. The van der Waals surface area contributed by atoms with E-state index in [1.807, 2.05) is 44.6 Å². The number of pyridine rings is 1. The van der Waals surface area contributed by atoms with E-state index < -0.39 is 0 Å². The molecular formula is C16H21N5. The second-order valence-corrected chi connectivity index (χ2v) is 5.64. The highest BCUT2D eigenvalue weighted by Crippen LogP contribution is 2.24. The first-order valence-corrected chi connectivity index (χ1v) is 7.43. The molecule has 2 aromatic heterocycles. The molecule has 0 atom stereocenters. The van der Waals surface area contributed by atoms with E-state index in [0.717, 1.165) is 30.4 Å². The number of anilines is 2. The first kappa shape index (κ1) is 13.8. The van der Waals surface area contributed by atoms with E-state index in [2.05, 4.69) is 25.2 Å². The zero-order valence-electron chi connectivity index (χ0n) is 12.6. The third-order valence-electron chi connectivity index (χ3n) is 3.60. The van der Waals surface area contributed by atoms with Crippen molar-refractivity contribution in [2.24, 2.45) is 0 Å². The topological polar surface area (TPSA) is 53.9 Å². The fourth-order valence-electron chi connectivity index (χ4n) is 2.18. The van der Waals surface area contributed by atoms with E-state index in [1.165, 1.54) is 18.4 Å². The van der Waals surface area contributed by atoms with Crippen LogP contribution in [0.25, 0.3) is 0 Å². The molecule has 0 saturated heterocycles. The lowest BCUT2D eigenvalue weighted by Crippen LogP contribution is -2.23. The van der Waals surface area contributed by atoms with Crippen LogP contribution in [0.1, 0.15) is 24.1 Å². The van der Waals surface area contributed by atoms with Crippen LogP contribution in [0.4, 0.5) is 11.8 Å². The standard InChI is InChI=1S/C16H21N5/c1-12-11-15(19-14-3-4-14)20-16(18-12)21(2)10-7-13-5-8-17-9-6-13/h5-6,8-9,11,14H,3-4,7,10H2,1-2H3,(H,18,19,20). The highest BCUT2D eigenvalue weighted by molar-refractivity contribution is 5.44. The third-order valence-corrected chi connectivity index (χ3v) is 3.60. The number of hydrogen-bond acceptors (Lipinski definition) is 5. The molecule has 1 saturated carbocycles. The minimum atomic E-state index is 0.606. The van der Waals surface area contributed by atoms with Gasteiger partial charge in [-0.3, -0.25) is 4.98 Å². The van der Waals surface area contributed by atoms with Crippen molar-refractivity contribution in [1.82, 2.24) is 15.0 Å². The fourth-order valence-corrected chi connectivity index (χ4v) is 2.18. The van der Waals surface area contributed by atoms with Crippen molar-refractivity contribution in [2.75, 3.05) is 23.8 Å². The molecule has 5 nitrogen and oxygen atoms in total. The maximum absolute atomic E-state index is 4.62. The molecule has 0 unspecified atom stereocenters. The van der Waals surface area contributed by atoms with Gasteiger partial charge < -0.3 is 10.2 Å². The maximum Gasteiger partial charge on any atom is 0.227 e. The van der Waals surface area contributed by atoms with Gasteiger partial charge in [-0.2, -0.15) is 4.98 Å². The highest BCUT2D eigenvalue weighted by Gasteiger charge is 2.21. The van der Waals surface area contributed by atoms with Gasteiger partial charge >= 0.3 is 0 Å². The van der Waals surface area contributed by atoms with E-state index >= 15 is 0 Å². The van der Waals surface area contributed by atoms with E-state index in [9.17, 15) is 0 Å². The Kier molecular flexibility index (Phi) is 3.99. The summed E-state index contributed by atoms with van der Waals surface area (Å²) in [5.41, 5.74) is 2.28. The van der Waals surface area contributed by atoms with Gasteiger partial charge in [0.2, 0.25) is 5.95 Å². The van der Waals surface area contributed by atoms with E-state index in [0.29, 0.717) is 6.04 Å². The van der Waals surface area contributed by atoms with Crippen LogP contribution in [-0.4, -0.2) is 34.6 Å². The summed E-state index contributed by atoms with van der Waals surface area (Å²) in [7, 11) is 2.04. The summed E-state index contributed by atoms with van der Waals surface area (Å²) < 4.78 is 0. The molecule has 0 bridgehead atoms. The Labute approximate surface area is 125 Å². The molecule has 0 radical (unpaired) electrons. The number of nitrogens with zero attached hydrogens (tertiary/aromatic N) is 4. The van der Waals surface area contributed by atoms with Gasteiger partial charge in [0.05, 0.1) is 0 Å². The van der Waals surface area contributed by atoms with E-state index in [4.69, 9.17) is 0 Å². The van der Waals surface area contributed by atoms with Crippen LogP contribution in [0.5, 0.6) is 0 Å². The molecule has 2 aromatic rings. The van der Waals surface area contributed by atoms with Crippen LogP contribution in [0.2, 0.25) is 0 Å². The van der Waals surface area contributed by atoms with Gasteiger partial charge in [-0.25, -0.2) is 4.98 Å². The number of nitrogens with one attached hydrogen (secondary N) is 1. The average molecular weight is 283 g/mol. The lowest BCUT2D eigenvalue weighted by Gasteiger charge is -2.18. The Balaban J connectivity index is 1.65. The van der Waals surface area contributed by atoms with Crippen LogP contribution in [0.15, 0.2) is 30.6 Å². The molecule has 110 valence electrons. The molecule has 1 aliphatic rings. The lowest BCUT2D eigenvalue weighted by molar-refractivity contribution is 0.831. The van der Waals surface area contributed by atoms with Gasteiger partial charge in [-0.05, 0) is 43.9 Å². The monoisotopic (exact) mass is 283 g/mol. The average Bonchev–Trinajstić information content (AvgIpc) is 3.29. The van der Waals surface area contributed by atoms with Crippen LogP contribution in [0.3, 0.4) is 0 Å². The fraction of sp³-hybridized carbons (Fsp3) is 0.438. The molecule has 0 amide bonds. The van der Waals surface area contributed by atoms with Crippen LogP contribution >= 0.6 is 0 Å². The summed E-state index contributed by atoms with van der Waals surface area (Å²) in [5.74, 6) is 1.72. The Morgan fingerprint density at radius 1 is 1.24 bits per heavy atom. The quantitative estimate of drug-likeness (QED) is 0.882. The van der Waals surface area contributed by atoms with Crippen molar-refractivity contribution in [2.45, 2.75) is 32.2 Å². The molecular weight excluding hydrogens is 262 g/mol. The summed E-state index contributed by atoms with van der Waals surface area (Å²) >= 11 is 0. The second kappa shape index (κ2) is 6.08. The SMILES string of the molecule is Cc1cc(NC2CC2)nc(N(C)CCc2ccncc2)n1. The molecule has 21 heavy (non-hydrogen) atoms. The Morgan fingerprint density at radius 2 is 2.00 bits per heavy atom. The first-order chi connectivity index (χ1) is 10.2. The van der Waals surface area contributed by atoms with Crippen molar-refractivity contribution in [3.05, 3.63) is 41.9 Å². The van der Waals surface area contributed by atoms with Crippen molar-refractivity contribution in [3.8, 4) is 0 Å². The molecule has 5 heteroatoms. The molecule has 1 N–H and O–H groups in total. The normalized spacial score (nSPS) is 14.0. The highest BCUT2D eigenvalue weighted by atomic mass is 15.2. The van der Waals surface area contributed by atoms with Crippen molar-refractivity contribution in [1.29, 1.82) is 0 Å². The first-order valence-electron chi connectivity index (χ1n) is 7.43. The summed E-state index contributed by atoms with van der Waals surface area (Å²) in [6.07, 6.45) is 7.11. The summed E-state index contributed by atoms with van der Waals surface area (Å²) in [5, 5.41) is 3.44. The van der Waals surface area contributed by atoms with Crippen LogP contribution < -0.4 is 10.2 Å². The number of rotatable bonds is 6. The van der Waals surface area contributed by atoms with Gasteiger partial charge in [0.15, 0.2) is 0 Å². The molecule has 0 aromatic carbocycles. The van der Waals surface area contributed by atoms with Gasteiger partial charge in [0.1, 0.15) is 5.82 Å². The van der Waals surface area contributed by atoms with Crippen LogP contribution in [0, 0.1) is 6.92 Å². The van der Waals surface area contributed by atoms with Gasteiger partial charge in [0.25, 0.3) is 0 Å². The van der Waals surface area contributed by atoms with E-state index in [-0.39, 0.29) is 0 Å². The Morgan fingerprint density at radius 3 is 2.71 bits per heavy atom. The largest absolute Gasteiger partial charge is 0.367 e. The third kappa shape index (κ3) is 3.90. The number of aryl methyl sites for hydroxylation is 1. The van der Waals surface area contributed by atoms with Gasteiger partial charge in [0, 0.05) is 43.8 Å². The number of hydrogen-bond donors (Lipinski definition) is 1. The molecule has 1 fully saturated rings. The van der Waals surface area contributed by atoms with Crippen molar-refractivity contribution < 1.29 is 0 Å². The Bertz CT molecular complexity index is 595. The van der Waals surface area contributed by atoms with Crippen LogP contribution in [-0.2, 0) is 6.42 Å². The molecule has 0 aliphatic heterocycles. The van der Waals surface area contributed by atoms with Crippen molar-refractivity contribution in [3.63, 3.8) is 0 Å². The Hall–Kier alpha value is -2.17. The zero-order chi connectivity index (χ0) is 14.7. The predicted octanol–water partition coefficient (Wildman–Crippen LogP) is 2.43. The molecule has 2 heterocycles. The summed E-state index contributed by atoms with van der Waals surface area (Å²) in [6, 6.07) is 6.71. The smallest absolute Gasteiger partial charge is 0.227 e. The molecule has 1 aliphatic carbocycles. The summed E-state index contributed by atoms with van der Waals surface area (Å²) in [6.45, 7) is 2.90. The lowest BCUT2D eigenvalue weighted by atomic mass is 10.2. The van der Waals surface area contributed by atoms with Crippen molar-refractivity contribution >= 4 is 11.8 Å². The minimum absolute atomic E-state index is 0.606. The number of aromatic nitrogens is 3. The van der Waals surface area contributed by atoms with Gasteiger partial charge in [-0.1, -0.05) is 0 Å². The maximum atomic E-state index is 4.62. The van der Waals surface area contributed by atoms with Gasteiger partial charge in [-0.15, -0.1) is 0 Å². The zero-order valence-corrected chi connectivity index (χ0v) is 12.6. The second-order valence-electron chi connectivity index (χ2n) is 5.64. The number of likely N-dealkylation sites (N-methyl/N-ethyl adjacent to an activating group) is 1. The summed E-state index contributed by atoms with van der Waals surface area (Å²) in [4.78, 5) is 15.3. The predicted molar refractivity (Wildman–Crippen MR) is 84.6 cm³/mol.